The number of hydrogen-bond acceptors (Lipinski definition) is 3. The molecular formula is C12H15N3S. The van der Waals surface area contributed by atoms with Crippen LogP contribution < -0.4 is 5.73 Å². The van der Waals surface area contributed by atoms with Crippen LogP contribution in [-0.4, -0.2) is 16.3 Å². The van der Waals surface area contributed by atoms with E-state index in [1.165, 1.54) is 34.7 Å². The van der Waals surface area contributed by atoms with Crippen LogP contribution in [0.25, 0.3) is 10.6 Å². The Labute approximate surface area is 98.9 Å². The Balaban J connectivity index is 2.09. The lowest BCUT2D eigenvalue weighted by atomic mass is 10.2. The van der Waals surface area contributed by atoms with Gasteiger partial charge in [0, 0.05) is 17.8 Å². The zero-order chi connectivity index (χ0) is 11.0. The maximum Gasteiger partial charge on any atom is 0.106 e. The van der Waals surface area contributed by atoms with Crippen molar-refractivity contribution < 1.29 is 0 Å². The Hall–Kier alpha value is -1.13. The second kappa shape index (κ2) is 4.03. The van der Waals surface area contributed by atoms with Crippen LogP contribution in [0.1, 0.15) is 17.7 Å². The first-order chi connectivity index (χ1) is 7.90. The smallest absolute Gasteiger partial charge is 0.106 e. The molecule has 2 heterocycles. The van der Waals surface area contributed by atoms with E-state index in [4.69, 9.17) is 10.8 Å². The molecule has 1 aliphatic rings. The summed E-state index contributed by atoms with van der Waals surface area (Å²) in [5, 5.41) is 6.82. The van der Waals surface area contributed by atoms with Gasteiger partial charge in [0.15, 0.2) is 0 Å². The van der Waals surface area contributed by atoms with Gasteiger partial charge in [-0.1, -0.05) is 6.07 Å². The fraction of sp³-hybridized carbons (Fsp3) is 0.417. The molecule has 1 aliphatic carbocycles. The van der Waals surface area contributed by atoms with E-state index in [0.717, 1.165) is 13.0 Å². The van der Waals surface area contributed by atoms with E-state index in [1.54, 1.807) is 11.3 Å². The van der Waals surface area contributed by atoms with Crippen molar-refractivity contribution in [3.8, 4) is 10.6 Å². The highest BCUT2D eigenvalue weighted by Gasteiger charge is 2.23. The van der Waals surface area contributed by atoms with Gasteiger partial charge in [0.05, 0.1) is 11.4 Å². The first kappa shape index (κ1) is 10.1. The minimum atomic E-state index is 0.665. The molecule has 2 aromatic heterocycles. The topological polar surface area (TPSA) is 43.8 Å². The Morgan fingerprint density at radius 2 is 2.38 bits per heavy atom. The van der Waals surface area contributed by atoms with Gasteiger partial charge >= 0.3 is 0 Å². The van der Waals surface area contributed by atoms with Crippen LogP contribution in [0.5, 0.6) is 0 Å². The Kier molecular flexibility index (Phi) is 2.53. The molecule has 0 radical (unpaired) electrons. The molecule has 0 aromatic carbocycles. The highest BCUT2D eigenvalue weighted by atomic mass is 32.1. The first-order valence-electron chi connectivity index (χ1n) is 5.72. The maximum atomic E-state index is 5.62. The summed E-state index contributed by atoms with van der Waals surface area (Å²) >= 11 is 1.77. The van der Waals surface area contributed by atoms with Crippen LogP contribution in [0.15, 0.2) is 17.5 Å². The number of rotatable bonds is 3. The van der Waals surface area contributed by atoms with E-state index < -0.39 is 0 Å². The van der Waals surface area contributed by atoms with Crippen molar-refractivity contribution in [2.45, 2.75) is 25.8 Å². The van der Waals surface area contributed by atoms with Gasteiger partial charge in [0.2, 0.25) is 0 Å². The second-order valence-electron chi connectivity index (χ2n) is 4.12. The lowest BCUT2D eigenvalue weighted by Crippen LogP contribution is -2.13. The normalized spacial score (nSPS) is 14.3. The Morgan fingerprint density at radius 1 is 1.44 bits per heavy atom. The van der Waals surface area contributed by atoms with Gasteiger partial charge in [0.25, 0.3) is 0 Å². The summed E-state index contributed by atoms with van der Waals surface area (Å²) < 4.78 is 2.11. The average molecular weight is 233 g/mol. The van der Waals surface area contributed by atoms with Crippen molar-refractivity contribution in [1.29, 1.82) is 0 Å². The summed E-state index contributed by atoms with van der Waals surface area (Å²) in [7, 11) is 0. The monoisotopic (exact) mass is 233 g/mol. The molecule has 3 rings (SSSR count). The molecule has 2 aromatic rings. The molecule has 0 fully saturated rings. The molecule has 0 spiro atoms. The molecule has 0 unspecified atom stereocenters. The first-order valence-corrected chi connectivity index (χ1v) is 6.60. The van der Waals surface area contributed by atoms with Crippen molar-refractivity contribution in [1.82, 2.24) is 9.78 Å². The zero-order valence-electron chi connectivity index (χ0n) is 9.15. The summed E-state index contributed by atoms with van der Waals surface area (Å²) in [4.78, 5) is 1.29. The number of thiophene rings is 1. The third-order valence-electron chi connectivity index (χ3n) is 3.10. The molecule has 0 amide bonds. The summed E-state index contributed by atoms with van der Waals surface area (Å²) in [5.74, 6) is 0. The highest BCUT2D eigenvalue weighted by Crippen LogP contribution is 2.34. The molecule has 4 heteroatoms. The fourth-order valence-corrected chi connectivity index (χ4v) is 3.16. The van der Waals surface area contributed by atoms with Crippen LogP contribution in [0.4, 0.5) is 0 Å². The van der Waals surface area contributed by atoms with E-state index in [2.05, 4.69) is 22.2 Å². The third kappa shape index (κ3) is 1.49. The quantitative estimate of drug-likeness (QED) is 0.882. The maximum absolute atomic E-state index is 5.62. The Bertz CT molecular complexity index is 485. The number of nitrogens with zero attached hydrogens (tertiary/aromatic N) is 2. The van der Waals surface area contributed by atoms with Crippen LogP contribution in [0, 0.1) is 0 Å². The van der Waals surface area contributed by atoms with Gasteiger partial charge in [-0.05, 0) is 30.7 Å². The van der Waals surface area contributed by atoms with Gasteiger partial charge in [-0.15, -0.1) is 11.3 Å². The predicted octanol–water partition coefficient (Wildman–Crippen LogP) is 2.06. The highest BCUT2D eigenvalue weighted by molar-refractivity contribution is 7.13. The number of aromatic nitrogens is 2. The summed E-state index contributed by atoms with van der Waals surface area (Å²) in [5.41, 5.74) is 9.68. The molecule has 2 N–H and O–H groups in total. The molecule has 16 heavy (non-hydrogen) atoms. The van der Waals surface area contributed by atoms with E-state index in [0.29, 0.717) is 6.54 Å². The van der Waals surface area contributed by atoms with E-state index >= 15 is 0 Å². The van der Waals surface area contributed by atoms with Crippen molar-refractivity contribution >= 4 is 11.3 Å². The van der Waals surface area contributed by atoms with Gasteiger partial charge in [-0.3, -0.25) is 4.68 Å². The minimum Gasteiger partial charge on any atom is -0.329 e. The minimum absolute atomic E-state index is 0.665. The lowest BCUT2D eigenvalue weighted by Gasteiger charge is -2.01. The van der Waals surface area contributed by atoms with Crippen molar-refractivity contribution in [2.75, 3.05) is 6.54 Å². The van der Waals surface area contributed by atoms with Gasteiger partial charge in [-0.25, -0.2) is 0 Å². The molecule has 0 bridgehead atoms. The van der Waals surface area contributed by atoms with E-state index in [9.17, 15) is 0 Å². The summed E-state index contributed by atoms with van der Waals surface area (Å²) in [6.07, 6.45) is 3.59. The SMILES string of the molecule is NCCn1nc(-c2cccs2)c2c1CCC2. The summed E-state index contributed by atoms with van der Waals surface area (Å²) in [6.45, 7) is 1.51. The molecule has 84 valence electrons. The molecule has 0 saturated heterocycles. The third-order valence-corrected chi connectivity index (χ3v) is 3.98. The molecule has 3 nitrogen and oxygen atoms in total. The molecule has 0 atom stereocenters. The van der Waals surface area contributed by atoms with Crippen LogP contribution in [0.2, 0.25) is 0 Å². The van der Waals surface area contributed by atoms with E-state index in [1.807, 2.05) is 0 Å². The molecule has 0 aliphatic heterocycles. The number of nitrogens with two attached hydrogens (primary N) is 1. The Morgan fingerprint density at radius 3 is 3.12 bits per heavy atom. The lowest BCUT2D eigenvalue weighted by molar-refractivity contribution is 0.596. The summed E-state index contributed by atoms with van der Waals surface area (Å²) in [6, 6.07) is 4.24. The number of hydrogen-bond donors (Lipinski definition) is 1. The van der Waals surface area contributed by atoms with Gasteiger partial charge in [0.1, 0.15) is 5.69 Å². The zero-order valence-corrected chi connectivity index (χ0v) is 9.96. The second-order valence-corrected chi connectivity index (χ2v) is 5.06. The van der Waals surface area contributed by atoms with Crippen molar-refractivity contribution in [3.05, 3.63) is 28.8 Å². The van der Waals surface area contributed by atoms with Crippen LogP contribution in [0.3, 0.4) is 0 Å². The number of fused-ring (bicyclic) bond motifs is 1. The fourth-order valence-electron chi connectivity index (χ4n) is 2.43. The van der Waals surface area contributed by atoms with Gasteiger partial charge < -0.3 is 5.73 Å². The molecular weight excluding hydrogens is 218 g/mol. The standard InChI is InChI=1S/C12H15N3S/c13-6-7-15-10-4-1-3-9(10)12(14-15)11-5-2-8-16-11/h2,5,8H,1,3-4,6-7,13H2. The predicted molar refractivity (Wildman–Crippen MR) is 66.6 cm³/mol. The molecule has 0 saturated carbocycles. The average Bonchev–Trinajstić information content (AvgIpc) is 2.94. The van der Waals surface area contributed by atoms with E-state index in [-0.39, 0.29) is 0 Å². The van der Waals surface area contributed by atoms with Crippen LogP contribution in [-0.2, 0) is 19.4 Å². The van der Waals surface area contributed by atoms with Crippen LogP contribution >= 0.6 is 11.3 Å². The van der Waals surface area contributed by atoms with Crippen molar-refractivity contribution in [2.24, 2.45) is 5.73 Å². The van der Waals surface area contributed by atoms with Gasteiger partial charge in [-0.2, -0.15) is 5.10 Å². The largest absolute Gasteiger partial charge is 0.329 e. The van der Waals surface area contributed by atoms with Crippen molar-refractivity contribution in [3.63, 3.8) is 0 Å².